The molecule has 0 spiro atoms. The van der Waals surface area contributed by atoms with Gasteiger partial charge in [0.2, 0.25) is 0 Å². The first-order chi connectivity index (χ1) is 9.51. The Bertz CT molecular complexity index is 651. The van der Waals surface area contributed by atoms with Gasteiger partial charge in [-0.1, -0.05) is 12.1 Å². The SMILES string of the molecule is Cc1cc(Br)c(NC(C)c2cccc(C#N)c2)c(Br)c1. The Kier molecular flexibility index (Phi) is 4.85. The first-order valence-electron chi connectivity index (χ1n) is 6.23. The highest BCUT2D eigenvalue weighted by atomic mass is 79.9. The van der Waals surface area contributed by atoms with Crippen molar-refractivity contribution in [3.63, 3.8) is 0 Å². The van der Waals surface area contributed by atoms with Gasteiger partial charge >= 0.3 is 0 Å². The van der Waals surface area contributed by atoms with Gasteiger partial charge in [-0.25, -0.2) is 0 Å². The van der Waals surface area contributed by atoms with E-state index in [0.717, 1.165) is 20.2 Å². The number of benzene rings is 2. The van der Waals surface area contributed by atoms with Gasteiger partial charge in [-0.2, -0.15) is 5.26 Å². The summed E-state index contributed by atoms with van der Waals surface area (Å²) in [7, 11) is 0. The van der Waals surface area contributed by atoms with Crippen molar-refractivity contribution in [1.29, 1.82) is 5.26 Å². The molecule has 1 atom stereocenters. The van der Waals surface area contributed by atoms with Crippen LogP contribution in [0, 0.1) is 18.3 Å². The molecule has 20 heavy (non-hydrogen) atoms. The van der Waals surface area contributed by atoms with Crippen LogP contribution in [0.25, 0.3) is 0 Å². The second kappa shape index (κ2) is 6.43. The number of halogens is 2. The number of nitriles is 1. The van der Waals surface area contributed by atoms with Crippen LogP contribution >= 0.6 is 31.9 Å². The molecule has 0 aliphatic heterocycles. The molecule has 2 aromatic carbocycles. The highest BCUT2D eigenvalue weighted by molar-refractivity contribution is 9.11. The smallest absolute Gasteiger partial charge is 0.0991 e. The normalized spacial score (nSPS) is 11.8. The van der Waals surface area contributed by atoms with Gasteiger partial charge in [0.25, 0.3) is 0 Å². The van der Waals surface area contributed by atoms with Crippen LogP contribution in [0.4, 0.5) is 5.69 Å². The first kappa shape index (κ1) is 15.1. The van der Waals surface area contributed by atoms with Gasteiger partial charge in [0.1, 0.15) is 0 Å². The van der Waals surface area contributed by atoms with Crippen molar-refractivity contribution in [2.24, 2.45) is 0 Å². The van der Waals surface area contributed by atoms with Crippen LogP contribution < -0.4 is 5.32 Å². The van der Waals surface area contributed by atoms with Gasteiger partial charge in [-0.15, -0.1) is 0 Å². The van der Waals surface area contributed by atoms with E-state index in [1.165, 1.54) is 5.56 Å². The zero-order chi connectivity index (χ0) is 14.7. The molecule has 0 aromatic heterocycles. The Balaban J connectivity index is 2.28. The molecule has 1 unspecified atom stereocenters. The van der Waals surface area contributed by atoms with Crippen LogP contribution in [0.3, 0.4) is 0 Å². The maximum Gasteiger partial charge on any atom is 0.0991 e. The number of anilines is 1. The van der Waals surface area contributed by atoms with Crippen LogP contribution in [0.2, 0.25) is 0 Å². The molecule has 102 valence electrons. The van der Waals surface area contributed by atoms with Gasteiger partial charge in [0.05, 0.1) is 17.3 Å². The summed E-state index contributed by atoms with van der Waals surface area (Å²) in [5.41, 5.74) is 3.97. The second-order valence-electron chi connectivity index (χ2n) is 4.71. The molecule has 2 rings (SSSR count). The van der Waals surface area contributed by atoms with E-state index in [1.54, 1.807) is 0 Å². The lowest BCUT2D eigenvalue weighted by Gasteiger charge is -2.19. The molecule has 2 nitrogen and oxygen atoms in total. The summed E-state index contributed by atoms with van der Waals surface area (Å²) in [5.74, 6) is 0. The maximum atomic E-state index is 8.97. The quantitative estimate of drug-likeness (QED) is 0.740. The van der Waals surface area contributed by atoms with Crippen LogP contribution in [0.15, 0.2) is 45.3 Å². The van der Waals surface area contributed by atoms with Crippen LogP contribution in [-0.4, -0.2) is 0 Å². The van der Waals surface area contributed by atoms with Crippen molar-refractivity contribution in [3.8, 4) is 6.07 Å². The summed E-state index contributed by atoms with van der Waals surface area (Å²) < 4.78 is 2.04. The number of nitrogens with one attached hydrogen (secondary N) is 1. The Morgan fingerprint density at radius 1 is 1.15 bits per heavy atom. The molecule has 0 amide bonds. The van der Waals surface area contributed by atoms with Crippen LogP contribution in [0.1, 0.15) is 29.7 Å². The molecular formula is C16H14Br2N2. The van der Waals surface area contributed by atoms with Crippen LogP contribution in [-0.2, 0) is 0 Å². The second-order valence-corrected chi connectivity index (χ2v) is 6.42. The standard InChI is InChI=1S/C16H14Br2N2/c1-10-6-14(17)16(15(18)7-10)20-11(2)13-5-3-4-12(8-13)9-19/h3-8,11,20H,1-2H3. The van der Waals surface area contributed by atoms with Crippen molar-refractivity contribution in [3.05, 3.63) is 62.0 Å². The third-order valence-electron chi connectivity index (χ3n) is 3.06. The van der Waals surface area contributed by atoms with E-state index < -0.39 is 0 Å². The average molecular weight is 394 g/mol. The highest BCUT2D eigenvalue weighted by Gasteiger charge is 2.11. The van der Waals surface area contributed by atoms with Crippen molar-refractivity contribution < 1.29 is 0 Å². The lowest BCUT2D eigenvalue weighted by atomic mass is 10.1. The number of aryl methyl sites for hydroxylation is 1. The lowest BCUT2D eigenvalue weighted by Crippen LogP contribution is -2.08. The van der Waals surface area contributed by atoms with Gasteiger partial charge < -0.3 is 5.32 Å². The minimum atomic E-state index is 0.110. The topological polar surface area (TPSA) is 35.8 Å². The first-order valence-corrected chi connectivity index (χ1v) is 7.82. The average Bonchev–Trinajstić information content (AvgIpc) is 2.42. The molecular weight excluding hydrogens is 380 g/mol. The van der Waals surface area contributed by atoms with Crippen molar-refractivity contribution >= 4 is 37.5 Å². The summed E-state index contributed by atoms with van der Waals surface area (Å²) in [5, 5.41) is 12.4. The van der Waals surface area contributed by atoms with E-state index in [4.69, 9.17) is 5.26 Å². The number of nitrogens with zero attached hydrogens (tertiary/aromatic N) is 1. The van der Waals surface area contributed by atoms with E-state index in [-0.39, 0.29) is 6.04 Å². The summed E-state index contributed by atoms with van der Waals surface area (Å²) in [6, 6.07) is 14.1. The molecule has 2 aromatic rings. The van der Waals surface area contributed by atoms with Crippen molar-refractivity contribution in [1.82, 2.24) is 0 Å². The number of hydrogen-bond donors (Lipinski definition) is 1. The van der Waals surface area contributed by atoms with E-state index in [0.29, 0.717) is 5.56 Å². The highest BCUT2D eigenvalue weighted by Crippen LogP contribution is 2.34. The molecule has 1 N–H and O–H groups in total. The van der Waals surface area contributed by atoms with Gasteiger partial charge in [-0.3, -0.25) is 0 Å². The summed E-state index contributed by atoms with van der Waals surface area (Å²) in [4.78, 5) is 0. The lowest BCUT2D eigenvalue weighted by molar-refractivity contribution is 0.881. The fraction of sp³-hybridized carbons (Fsp3) is 0.188. The zero-order valence-corrected chi connectivity index (χ0v) is 14.4. The fourth-order valence-electron chi connectivity index (χ4n) is 2.02. The van der Waals surface area contributed by atoms with Gasteiger partial charge in [0.15, 0.2) is 0 Å². The Morgan fingerprint density at radius 3 is 2.40 bits per heavy atom. The zero-order valence-electron chi connectivity index (χ0n) is 11.2. The van der Waals surface area contributed by atoms with Gasteiger partial charge in [-0.05, 0) is 81.1 Å². The molecule has 0 aliphatic carbocycles. The molecule has 0 bridgehead atoms. The fourth-order valence-corrected chi connectivity index (χ4v) is 3.66. The van der Waals surface area contributed by atoms with E-state index in [2.05, 4.69) is 69.2 Å². The Labute approximate surface area is 136 Å². The number of rotatable bonds is 3. The van der Waals surface area contributed by atoms with E-state index in [9.17, 15) is 0 Å². The maximum absolute atomic E-state index is 8.97. The largest absolute Gasteiger partial charge is 0.377 e. The van der Waals surface area contributed by atoms with E-state index >= 15 is 0 Å². The molecule has 0 saturated heterocycles. The predicted octanol–water partition coefficient (Wildman–Crippen LogP) is 5.56. The van der Waals surface area contributed by atoms with Crippen molar-refractivity contribution in [2.45, 2.75) is 19.9 Å². The Hall–Kier alpha value is -1.31. The third-order valence-corrected chi connectivity index (χ3v) is 4.31. The molecule has 0 saturated carbocycles. The molecule has 0 heterocycles. The third kappa shape index (κ3) is 3.41. The molecule has 4 heteroatoms. The summed E-state index contributed by atoms with van der Waals surface area (Å²) >= 11 is 7.16. The predicted molar refractivity (Wildman–Crippen MR) is 89.8 cm³/mol. The molecule has 0 radical (unpaired) electrons. The summed E-state index contributed by atoms with van der Waals surface area (Å²) in [6.45, 7) is 4.13. The van der Waals surface area contributed by atoms with Gasteiger partial charge in [0, 0.05) is 15.0 Å². The summed E-state index contributed by atoms with van der Waals surface area (Å²) in [6.07, 6.45) is 0. The monoisotopic (exact) mass is 392 g/mol. The molecule has 0 fully saturated rings. The van der Waals surface area contributed by atoms with Crippen molar-refractivity contribution in [2.75, 3.05) is 5.32 Å². The van der Waals surface area contributed by atoms with E-state index in [1.807, 2.05) is 24.3 Å². The Morgan fingerprint density at radius 2 is 1.80 bits per heavy atom. The number of hydrogen-bond acceptors (Lipinski definition) is 2. The minimum Gasteiger partial charge on any atom is -0.377 e. The van der Waals surface area contributed by atoms with Crippen LogP contribution in [0.5, 0.6) is 0 Å². The molecule has 0 aliphatic rings. The minimum absolute atomic E-state index is 0.110.